The molecule has 212 valence electrons. The Labute approximate surface area is 226 Å². The molecule has 2 heterocycles. The zero-order valence-electron chi connectivity index (χ0n) is 21.7. The zero-order chi connectivity index (χ0) is 29.1. The van der Waals surface area contributed by atoms with Crippen LogP contribution in [0.15, 0.2) is 69.4 Å². The van der Waals surface area contributed by atoms with Crippen molar-refractivity contribution in [2.45, 2.75) is 43.9 Å². The lowest BCUT2D eigenvalue weighted by Gasteiger charge is -2.28. The Morgan fingerprint density at radius 2 is 2.02 bits per heavy atom. The number of nitrogens with zero attached hydrogens (tertiary/aromatic N) is 4. The minimum absolute atomic E-state index is 0.190. The molecular formula is C24H27N6O9P. The van der Waals surface area contributed by atoms with Gasteiger partial charge in [-0.3, -0.25) is 23.7 Å². The van der Waals surface area contributed by atoms with Gasteiger partial charge in [0.1, 0.15) is 23.4 Å². The van der Waals surface area contributed by atoms with E-state index in [1.165, 1.54) is 13.8 Å². The third-order valence-electron chi connectivity index (χ3n) is 6.40. The fourth-order valence-electron chi connectivity index (χ4n) is 4.33. The van der Waals surface area contributed by atoms with Crippen molar-refractivity contribution < 1.29 is 33.0 Å². The molecule has 6 atom stereocenters. The predicted molar refractivity (Wildman–Crippen MR) is 142 cm³/mol. The highest BCUT2D eigenvalue weighted by molar-refractivity contribution is 7.52. The van der Waals surface area contributed by atoms with Crippen LogP contribution < -0.4 is 20.9 Å². The Balaban J connectivity index is 1.64. The molecule has 15 nitrogen and oxygen atoms in total. The van der Waals surface area contributed by atoms with E-state index in [0.717, 1.165) is 29.3 Å². The number of carbonyl (C=O) groups excluding carboxylic acids is 1. The minimum atomic E-state index is -4.37. The average molecular weight is 574 g/mol. The summed E-state index contributed by atoms with van der Waals surface area (Å²) < 4.78 is 36.9. The molecule has 3 N–H and O–H groups in total. The fraction of sp³-hybridized carbons (Fsp3) is 0.375. The van der Waals surface area contributed by atoms with E-state index < -0.39 is 61.6 Å². The summed E-state index contributed by atoms with van der Waals surface area (Å²) in [5, 5.41) is 18.7. The summed E-state index contributed by atoms with van der Waals surface area (Å²) in [5.74, 6) is -0.550. The van der Waals surface area contributed by atoms with Gasteiger partial charge in [-0.1, -0.05) is 41.5 Å². The van der Waals surface area contributed by atoms with Crippen molar-refractivity contribution >= 4 is 24.5 Å². The number of rotatable bonds is 10. The Morgan fingerprint density at radius 3 is 2.73 bits per heavy atom. The van der Waals surface area contributed by atoms with Crippen molar-refractivity contribution in [1.29, 1.82) is 0 Å². The van der Waals surface area contributed by atoms with Gasteiger partial charge in [0, 0.05) is 22.6 Å². The average Bonchev–Trinajstić information content (AvgIpc) is 3.16. The number of hydrogen-bond donors (Lipinski definition) is 3. The number of aromatic amines is 1. The number of hydrogen-bond acceptors (Lipinski definition) is 10. The number of benzene rings is 2. The summed E-state index contributed by atoms with van der Waals surface area (Å²) >= 11 is 0. The van der Waals surface area contributed by atoms with Gasteiger partial charge < -0.3 is 19.1 Å². The van der Waals surface area contributed by atoms with Crippen LogP contribution in [-0.2, 0) is 23.4 Å². The van der Waals surface area contributed by atoms with Crippen LogP contribution in [0.25, 0.3) is 21.2 Å². The summed E-state index contributed by atoms with van der Waals surface area (Å²) in [6, 6.07) is 12.2. The lowest BCUT2D eigenvalue weighted by atomic mass is 9.93. The SMILES string of the molecule is COC(=O)[C@H](C)NP(=O)(OC[C@H]1OC(n2ccc(=O)[nH]c2=O)[C@](C)(N=[N+]=[N-])[C@@H]1O)Oc1cccc2ccccc12. The van der Waals surface area contributed by atoms with Gasteiger partial charge in [-0.25, -0.2) is 9.36 Å². The van der Waals surface area contributed by atoms with Crippen LogP contribution in [0.4, 0.5) is 0 Å². The number of ether oxygens (including phenoxy) is 2. The molecule has 2 aromatic carbocycles. The number of nitrogens with one attached hydrogen (secondary N) is 2. The Kier molecular flexibility index (Phi) is 8.45. The summed E-state index contributed by atoms with van der Waals surface area (Å²) in [5.41, 5.74) is 5.88. The van der Waals surface area contributed by atoms with Crippen molar-refractivity contribution in [1.82, 2.24) is 14.6 Å². The second-order valence-electron chi connectivity index (χ2n) is 9.14. The van der Waals surface area contributed by atoms with Crippen molar-refractivity contribution in [3.63, 3.8) is 0 Å². The molecule has 0 spiro atoms. The van der Waals surface area contributed by atoms with Crippen molar-refractivity contribution in [2.75, 3.05) is 13.7 Å². The minimum Gasteiger partial charge on any atom is -0.468 e. The number of aliphatic hydroxyl groups excluding tert-OH is 1. The largest absolute Gasteiger partial charge is 0.468 e. The molecule has 2 unspecified atom stereocenters. The number of aromatic nitrogens is 2. The van der Waals surface area contributed by atoms with Crippen molar-refractivity contribution in [3.8, 4) is 5.75 Å². The summed E-state index contributed by atoms with van der Waals surface area (Å²) in [7, 11) is -3.21. The molecule has 0 radical (unpaired) electrons. The lowest BCUT2D eigenvalue weighted by molar-refractivity contribution is -0.142. The van der Waals surface area contributed by atoms with E-state index in [2.05, 4.69) is 20.1 Å². The van der Waals surface area contributed by atoms with E-state index in [1.54, 1.807) is 24.3 Å². The molecule has 0 saturated carbocycles. The molecule has 3 aromatic rings. The molecule has 16 heteroatoms. The standard InChI is InChI=1S/C24H27N6O9P/c1-14(21(33)36-3)27-40(35,39-17-10-6-8-15-7-4-5-9-16(15)17)37-13-18-20(32)24(2,28-29-25)22(38-18)30-12-11-19(31)26-23(30)34/h4-12,14,18,20,22,32H,13H2,1-3H3,(H,27,35)(H,26,31,34)/t14-,18+,20+,22?,24+,40?/m0/s1. The first-order valence-corrected chi connectivity index (χ1v) is 13.5. The van der Waals surface area contributed by atoms with Crippen LogP contribution in [0.1, 0.15) is 20.1 Å². The zero-order valence-corrected chi connectivity index (χ0v) is 22.6. The van der Waals surface area contributed by atoms with Gasteiger partial charge in [0.2, 0.25) is 0 Å². The third kappa shape index (κ3) is 5.80. The third-order valence-corrected chi connectivity index (χ3v) is 8.03. The Bertz CT molecular complexity index is 1610. The van der Waals surface area contributed by atoms with E-state index in [1.807, 2.05) is 18.2 Å². The highest BCUT2D eigenvalue weighted by Gasteiger charge is 2.55. The van der Waals surface area contributed by atoms with E-state index in [-0.39, 0.29) is 5.75 Å². The fourth-order valence-corrected chi connectivity index (χ4v) is 5.85. The van der Waals surface area contributed by atoms with E-state index in [0.29, 0.717) is 5.39 Å². The summed E-state index contributed by atoms with van der Waals surface area (Å²) in [6.45, 7) is 2.16. The molecule has 1 aliphatic rings. The van der Waals surface area contributed by atoms with Crippen molar-refractivity contribution in [2.24, 2.45) is 5.11 Å². The van der Waals surface area contributed by atoms with Crippen LogP contribution in [0.5, 0.6) is 5.75 Å². The molecule has 1 aromatic heterocycles. The van der Waals surface area contributed by atoms with E-state index >= 15 is 0 Å². The maximum absolute atomic E-state index is 14.0. The second-order valence-corrected chi connectivity index (χ2v) is 10.8. The topological polar surface area (TPSA) is 207 Å². The maximum Gasteiger partial charge on any atom is 0.459 e. The normalized spacial score (nSPS) is 24.6. The smallest absolute Gasteiger partial charge is 0.459 e. The molecule has 40 heavy (non-hydrogen) atoms. The second kappa shape index (κ2) is 11.6. The van der Waals surface area contributed by atoms with Gasteiger partial charge >= 0.3 is 19.4 Å². The number of aliphatic hydroxyl groups is 1. The van der Waals surface area contributed by atoms with Crippen LogP contribution >= 0.6 is 7.75 Å². The lowest BCUT2D eigenvalue weighted by Crippen LogP contribution is -2.45. The first-order valence-electron chi connectivity index (χ1n) is 12.0. The van der Waals surface area contributed by atoms with Gasteiger partial charge in [-0.15, -0.1) is 0 Å². The summed E-state index contributed by atoms with van der Waals surface area (Å²) in [4.78, 5) is 40.9. The van der Waals surface area contributed by atoms with Gasteiger partial charge in [0.05, 0.1) is 19.8 Å². The molecular weight excluding hydrogens is 547 g/mol. The maximum atomic E-state index is 14.0. The Morgan fingerprint density at radius 1 is 1.30 bits per heavy atom. The van der Waals surface area contributed by atoms with E-state index in [4.69, 9.17) is 24.1 Å². The number of fused-ring (bicyclic) bond motifs is 1. The monoisotopic (exact) mass is 574 g/mol. The van der Waals surface area contributed by atoms with Crippen molar-refractivity contribution in [3.05, 3.63) is 86.0 Å². The number of esters is 1. The first-order chi connectivity index (χ1) is 19.0. The van der Waals surface area contributed by atoms with Crippen LogP contribution in [0.3, 0.4) is 0 Å². The summed E-state index contributed by atoms with van der Waals surface area (Å²) in [6.07, 6.45) is -3.09. The quantitative estimate of drug-likeness (QED) is 0.106. The van der Waals surface area contributed by atoms with Gasteiger partial charge in [0.25, 0.3) is 5.56 Å². The molecule has 1 aliphatic heterocycles. The molecule has 0 bridgehead atoms. The van der Waals surface area contributed by atoms with Gasteiger partial charge in [-0.2, -0.15) is 5.09 Å². The first kappa shape index (κ1) is 29.0. The highest BCUT2D eigenvalue weighted by atomic mass is 31.2. The van der Waals surface area contributed by atoms with Crippen LogP contribution in [0, 0.1) is 0 Å². The molecule has 4 rings (SSSR count). The molecule has 1 fully saturated rings. The van der Waals surface area contributed by atoms with Gasteiger partial charge in [0.15, 0.2) is 6.23 Å². The molecule has 0 aliphatic carbocycles. The van der Waals surface area contributed by atoms with Gasteiger partial charge in [-0.05, 0) is 30.8 Å². The predicted octanol–water partition coefficient (Wildman–Crippen LogP) is 2.37. The number of azide groups is 1. The number of methoxy groups -OCH3 is 1. The molecule has 0 amide bonds. The van der Waals surface area contributed by atoms with E-state index in [9.17, 15) is 24.1 Å². The van der Waals surface area contributed by atoms with Crippen LogP contribution in [0.2, 0.25) is 0 Å². The highest BCUT2D eigenvalue weighted by Crippen LogP contribution is 2.48. The number of H-pyrrole nitrogens is 1. The molecule has 1 saturated heterocycles. The Hall–Kier alpha value is -3.97. The number of carbonyl (C=O) groups is 1. The van der Waals surface area contributed by atoms with Crippen LogP contribution in [-0.4, -0.2) is 58.1 Å².